The first-order valence-electron chi connectivity index (χ1n) is 8.10. The van der Waals surface area contributed by atoms with E-state index in [2.05, 4.69) is 30.2 Å². The van der Waals surface area contributed by atoms with Gasteiger partial charge in [0.1, 0.15) is 5.82 Å². The zero-order valence-electron chi connectivity index (χ0n) is 12.5. The monoisotopic (exact) mass is 271 g/mol. The minimum Gasteiger partial charge on any atom is -0.396 e. The molecule has 0 aromatic carbocycles. The Kier molecular flexibility index (Phi) is 2.73. The first-order valence-corrected chi connectivity index (χ1v) is 8.10. The summed E-state index contributed by atoms with van der Waals surface area (Å²) in [5.41, 5.74) is 9.27. The molecular weight excluding hydrogens is 246 g/mol. The molecule has 108 valence electrons. The number of aryl methyl sites for hydroxylation is 2. The molecule has 5 rings (SSSR count). The summed E-state index contributed by atoms with van der Waals surface area (Å²) < 4.78 is 0. The van der Waals surface area contributed by atoms with E-state index in [9.17, 15) is 0 Å². The average Bonchev–Trinajstić information content (AvgIpc) is 2.38. The number of rotatable bonds is 2. The molecule has 1 aromatic heterocycles. The van der Waals surface area contributed by atoms with Crippen molar-refractivity contribution in [2.24, 2.45) is 23.7 Å². The van der Waals surface area contributed by atoms with Gasteiger partial charge in [0, 0.05) is 11.7 Å². The summed E-state index contributed by atoms with van der Waals surface area (Å²) in [6.07, 6.45) is 7.21. The van der Waals surface area contributed by atoms with Crippen LogP contribution in [-0.4, -0.2) is 11.0 Å². The van der Waals surface area contributed by atoms with Crippen LogP contribution in [0.15, 0.2) is 6.07 Å². The van der Waals surface area contributed by atoms with Gasteiger partial charge < -0.3 is 11.1 Å². The summed E-state index contributed by atoms with van der Waals surface area (Å²) in [6.45, 7) is 4.13. The highest BCUT2D eigenvalue weighted by Gasteiger charge is 2.48. The maximum Gasteiger partial charge on any atom is 0.149 e. The summed E-state index contributed by atoms with van der Waals surface area (Å²) in [6, 6.07) is 2.68. The second-order valence-electron chi connectivity index (χ2n) is 7.44. The molecule has 20 heavy (non-hydrogen) atoms. The van der Waals surface area contributed by atoms with Crippen molar-refractivity contribution in [3.05, 3.63) is 17.3 Å². The maximum absolute atomic E-state index is 6.23. The summed E-state index contributed by atoms with van der Waals surface area (Å²) in [4.78, 5) is 4.65. The van der Waals surface area contributed by atoms with Crippen LogP contribution in [0.4, 0.5) is 11.5 Å². The number of hydrogen-bond acceptors (Lipinski definition) is 3. The first-order chi connectivity index (χ1) is 9.60. The predicted octanol–water partition coefficient (Wildman–Crippen LogP) is 3.52. The lowest BCUT2D eigenvalue weighted by molar-refractivity contribution is 0.00743. The molecule has 0 unspecified atom stereocenters. The number of nitrogens with one attached hydrogen (secondary N) is 1. The van der Waals surface area contributed by atoms with Crippen LogP contribution >= 0.6 is 0 Å². The Morgan fingerprint density at radius 3 is 2.25 bits per heavy atom. The smallest absolute Gasteiger partial charge is 0.149 e. The van der Waals surface area contributed by atoms with Crippen LogP contribution < -0.4 is 11.1 Å². The van der Waals surface area contributed by atoms with Gasteiger partial charge in [0.25, 0.3) is 0 Å². The van der Waals surface area contributed by atoms with Crippen molar-refractivity contribution in [1.82, 2.24) is 4.98 Å². The highest BCUT2D eigenvalue weighted by atomic mass is 15.1. The molecule has 0 radical (unpaired) electrons. The number of hydrogen-bond donors (Lipinski definition) is 2. The molecular formula is C17H25N3. The molecule has 0 saturated heterocycles. The maximum atomic E-state index is 6.23. The largest absolute Gasteiger partial charge is 0.396 e. The van der Waals surface area contributed by atoms with E-state index < -0.39 is 0 Å². The summed E-state index contributed by atoms with van der Waals surface area (Å²) >= 11 is 0. The molecule has 4 saturated carbocycles. The van der Waals surface area contributed by atoms with E-state index in [4.69, 9.17) is 5.73 Å². The molecule has 0 atom stereocenters. The second-order valence-corrected chi connectivity index (χ2v) is 7.44. The van der Waals surface area contributed by atoms with E-state index in [0.29, 0.717) is 6.04 Å². The van der Waals surface area contributed by atoms with Gasteiger partial charge in [0.05, 0.1) is 5.69 Å². The fourth-order valence-electron chi connectivity index (χ4n) is 5.28. The van der Waals surface area contributed by atoms with Crippen LogP contribution in [0, 0.1) is 37.5 Å². The molecule has 4 fully saturated rings. The van der Waals surface area contributed by atoms with Gasteiger partial charge in [-0.3, -0.25) is 0 Å². The van der Waals surface area contributed by atoms with Crippen molar-refractivity contribution in [2.75, 3.05) is 11.1 Å². The van der Waals surface area contributed by atoms with Crippen molar-refractivity contribution < 1.29 is 0 Å². The first kappa shape index (κ1) is 12.5. The Hall–Kier alpha value is -1.25. The Balaban J connectivity index is 1.60. The van der Waals surface area contributed by atoms with E-state index in [0.717, 1.165) is 46.4 Å². The van der Waals surface area contributed by atoms with Gasteiger partial charge in [-0.15, -0.1) is 0 Å². The van der Waals surface area contributed by atoms with Crippen molar-refractivity contribution in [2.45, 2.75) is 52.0 Å². The van der Waals surface area contributed by atoms with Crippen molar-refractivity contribution in [3.8, 4) is 0 Å². The van der Waals surface area contributed by atoms with Gasteiger partial charge in [0.2, 0.25) is 0 Å². The van der Waals surface area contributed by atoms with Gasteiger partial charge >= 0.3 is 0 Å². The second kappa shape index (κ2) is 4.37. The highest BCUT2D eigenvalue weighted by Crippen LogP contribution is 2.54. The Labute approximate surface area is 121 Å². The predicted molar refractivity (Wildman–Crippen MR) is 82.6 cm³/mol. The van der Waals surface area contributed by atoms with Crippen LogP contribution in [0.25, 0.3) is 0 Å². The summed E-state index contributed by atoms with van der Waals surface area (Å²) in [5, 5.41) is 3.74. The number of nitrogens with two attached hydrogens (primary N) is 1. The topological polar surface area (TPSA) is 50.9 Å². The molecule has 4 bridgehead atoms. The lowest BCUT2D eigenvalue weighted by Crippen LogP contribution is -2.51. The lowest BCUT2D eigenvalue weighted by Gasteiger charge is -2.54. The quantitative estimate of drug-likeness (QED) is 0.865. The van der Waals surface area contributed by atoms with Crippen LogP contribution in [0.3, 0.4) is 0 Å². The molecule has 0 amide bonds. The lowest BCUT2D eigenvalue weighted by atomic mass is 9.54. The third-order valence-electron chi connectivity index (χ3n) is 5.92. The van der Waals surface area contributed by atoms with Gasteiger partial charge in [-0.2, -0.15) is 0 Å². The molecule has 1 heterocycles. The summed E-state index contributed by atoms with van der Waals surface area (Å²) in [5.74, 6) is 4.67. The van der Waals surface area contributed by atoms with Gasteiger partial charge in [0.15, 0.2) is 0 Å². The SMILES string of the molecule is Cc1cc(C)c(N)c(NC2C3CC4CC(C3)CC2C4)n1. The van der Waals surface area contributed by atoms with Crippen LogP contribution in [-0.2, 0) is 0 Å². The van der Waals surface area contributed by atoms with Gasteiger partial charge in [-0.05, 0) is 81.3 Å². The minimum absolute atomic E-state index is 0.610. The molecule has 3 N–H and O–H groups in total. The minimum atomic E-state index is 0.610. The highest BCUT2D eigenvalue weighted by molar-refractivity contribution is 5.66. The Bertz CT molecular complexity index is 509. The Morgan fingerprint density at radius 1 is 1.05 bits per heavy atom. The van der Waals surface area contributed by atoms with Crippen LogP contribution in [0.5, 0.6) is 0 Å². The third-order valence-corrected chi connectivity index (χ3v) is 5.92. The zero-order chi connectivity index (χ0) is 13.9. The normalized spacial score (nSPS) is 38.2. The van der Waals surface area contributed by atoms with E-state index >= 15 is 0 Å². The number of aromatic nitrogens is 1. The average molecular weight is 271 g/mol. The standard InChI is InChI=1S/C17H25N3/c1-9-3-10(2)19-17(15(9)18)20-16-13-5-11-4-12(7-13)8-14(16)6-11/h3,11-14,16H,4-8,18H2,1-2H3,(H,19,20). The fraction of sp³-hybridized carbons (Fsp3) is 0.706. The molecule has 0 spiro atoms. The van der Waals surface area contributed by atoms with Crippen molar-refractivity contribution in [3.63, 3.8) is 0 Å². The van der Waals surface area contributed by atoms with E-state index in [1.54, 1.807) is 0 Å². The van der Waals surface area contributed by atoms with Crippen molar-refractivity contribution in [1.29, 1.82) is 0 Å². The molecule has 3 nitrogen and oxygen atoms in total. The van der Waals surface area contributed by atoms with Gasteiger partial charge in [-0.1, -0.05) is 0 Å². The van der Waals surface area contributed by atoms with Crippen LogP contribution in [0.2, 0.25) is 0 Å². The summed E-state index contributed by atoms with van der Waals surface area (Å²) in [7, 11) is 0. The number of anilines is 2. The van der Waals surface area contributed by atoms with Crippen LogP contribution in [0.1, 0.15) is 43.4 Å². The number of nitrogens with zero attached hydrogens (tertiary/aromatic N) is 1. The number of nitrogen functional groups attached to an aromatic ring is 1. The molecule has 4 aliphatic carbocycles. The van der Waals surface area contributed by atoms with E-state index in [1.807, 2.05) is 0 Å². The molecule has 4 aliphatic rings. The van der Waals surface area contributed by atoms with E-state index in [1.165, 1.54) is 32.1 Å². The third kappa shape index (κ3) is 1.90. The Morgan fingerprint density at radius 2 is 1.65 bits per heavy atom. The fourth-order valence-corrected chi connectivity index (χ4v) is 5.28. The molecule has 0 aliphatic heterocycles. The number of pyridine rings is 1. The van der Waals surface area contributed by atoms with Gasteiger partial charge in [-0.25, -0.2) is 4.98 Å². The zero-order valence-corrected chi connectivity index (χ0v) is 12.5. The van der Waals surface area contributed by atoms with Crippen molar-refractivity contribution >= 4 is 11.5 Å². The molecule has 1 aromatic rings. The molecule has 3 heteroatoms. The van der Waals surface area contributed by atoms with E-state index in [-0.39, 0.29) is 0 Å².